The first-order valence-corrected chi connectivity index (χ1v) is 8.29. The maximum atomic E-state index is 12.7. The van der Waals surface area contributed by atoms with Crippen molar-refractivity contribution in [2.24, 2.45) is 0 Å². The molecule has 1 aromatic heterocycles. The summed E-state index contributed by atoms with van der Waals surface area (Å²) in [7, 11) is 1.90. The second kappa shape index (κ2) is 6.93. The highest BCUT2D eigenvalue weighted by Gasteiger charge is 2.38. The Morgan fingerprint density at radius 1 is 1.16 bits per heavy atom. The van der Waals surface area contributed by atoms with Crippen LogP contribution in [0.25, 0.3) is 0 Å². The Bertz CT molecular complexity index is 757. The minimum atomic E-state index is -0.992. The number of aliphatic carboxylic acids is 1. The van der Waals surface area contributed by atoms with Gasteiger partial charge < -0.3 is 14.9 Å². The van der Waals surface area contributed by atoms with Crippen molar-refractivity contribution in [3.8, 4) is 0 Å². The summed E-state index contributed by atoms with van der Waals surface area (Å²) in [4.78, 5) is 31.8. The van der Waals surface area contributed by atoms with Gasteiger partial charge in [-0.2, -0.15) is 0 Å². The van der Waals surface area contributed by atoms with Gasteiger partial charge in [-0.15, -0.1) is 0 Å². The Morgan fingerprint density at radius 3 is 2.36 bits per heavy atom. The van der Waals surface area contributed by atoms with E-state index in [-0.39, 0.29) is 11.9 Å². The Labute approximate surface area is 146 Å². The summed E-state index contributed by atoms with van der Waals surface area (Å²) in [6.07, 6.45) is 3.22. The molecular formula is C19H21N3O3. The number of rotatable bonds is 6. The molecule has 6 heteroatoms. The van der Waals surface area contributed by atoms with Crippen molar-refractivity contribution in [3.05, 3.63) is 54.2 Å². The van der Waals surface area contributed by atoms with Crippen molar-refractivity contribution in [2.45, 2.75) is 31.8 Å². The maximum Gasteiger partial charge on any atom is 0.326 e. The number of aromatic nitrogens is 1. The molecule has 1 aliphatic rings. The molecule has 6 nitrogen and oxygen atoms in total. The molecule has 1 saturated carbocycles. The van der Waals surface area contributed by atoms with Crippen molar-refractivity contribution in [2.75, 3.05) is 11.9 Å². The van der Waals surface area contributed by atoms with E-state index in [1.54, 1.807) is 19.1 Å². The minimum absolute atomic E-state index is 0.0188. The molecule has 1 heterocycles. The first-order chi connectivity index (χ1) is 12.0. The minimum Gasteiger partial charge on any atom is -0.480 e. The fourth-order valence-electron chi connectivity index (χ4n) is 2.77. The van der Waals surface area contributed by atoms with Crippen molar-refractivity contribution < 1.29 is 14.7 Å². The quantitative estimate of drug-likeness (QED) is 0.876. The monoisotopic (exact) mass is 339 g/mol. The van der Waals surface area contributed by atoms with E-state index in [1.165, 1.54) is 11.1 Å². The molecule has 1 aliphatic carbocycles. The van der Waals surface area contributed by atoms with E-state index in [4.69, 9.17) is 0 Å². The molecule has 25 heavy (non-hydrogen) atoms. The number of carboxylic acids is 1. The number of hydrogen-bond donors (Lipinski definition) is 1. The molecule has 130 valence electrons. The molecule has 0 saturated heterocycles. The number of benzene rings is 1. The van der Waals surface area contributed by atoms with Gasteiger partial charge in [0.2, 0.25) is 0 Å². The second-order valence-electron chi connectivity index (χ2n) is 6.26. The lowest BCUT2D eigenvalue weighted by atomic mass is 10.2. The number of pyridine rings is 1. The van der Waals surface area contributed by atoms with Crippen LogP contribution in [0.1, 0.15) is 30.1 Å². The van der Waals surface area contributed by atoms with Gasteiger partial charge >= 0.3 is 5.97 Å². The highest BCUT2D eigenvalue weighted by atomic mass is 16.4. The standard InChI is InChI=1S/C19H21N3O3/c1-13(19(24)25)22(16-9-10-16)18(23)14-8-11-17(20-12-14)21(2)15-6-4-3-5-7-15/h3-8,11-13,16H,9-10H2,1-2H3,(H,24,25). The number of hydrogen-bond acceptors (Lipinski definition) is 4. The summed E-state index contributed by atoms with van der Waals surface area (Å²) in [6, 6.07) is 12.5. The topological polar surface area (TPSA) is 73.7 Å². The third-order valence-electron chi connectivity index (χ3n) is 4.43. The van der Waals surface area contributed by atoms with E-state index >= 15 is 0 Å². The number of para-hydroxylation sites is 1. The number of anilines is 2. The van der Waals surface area contributed by atoms with Gasteiger partial charge in [0.1, 0.15) is 11.9 Å². The summed E-state index contributed by atoms with van der Waals surface area (Å²) in [5.41, 5.74) is 1.40. The molecule has 1 amide bonds. The summed E-state index contributed by atoms with van der Waals surface area (Å²) < 4.78 is 0. The first-order valence-electron chi connectivity index (χ1n) is 8.29. The van der Waals surface area contributed by atoms with Crippen LogP contribution in [-0.4, -0.2) is 46.0 Å². The lowest BCUT2D eigenvalue weighted by molar-refractivity contribution is -0.141. The average Bonchev–Trinajstić information content (AvgIpc) is 3.47. The lowest BCUT2D eigenvalue weighted by Crippen LogP contribution is -2.44. The molecule has 0 bridgehead atoms. The Kier molecular flexibility index (Phi) is 4.70. The van der Waals surface area contributed by atoms with Gasteiger partial charge in [-0.3, -0.25) is 4.79 Å². The van der Waals surface area contributed by atoms with Crippen molar-refractivity contribution in [1.29, 1.82) is 0 Å². The predicted molar refractivity (Wildman–Crippen MR) is 95.0 cm³/mol. The van der Waals surface area contributed by atoms with Gasteiger partial charge in [0.25, 0.3) is 5.91 Å². The highest BCUT2D eigenvalue weighted by Crippen LogP contribution is 2.30. The molecule has 1 N–H and O–H groups in total. The molecule has 1 fully saturated rings. The van der Waals surface area contributed by atoms with Crippen LogP contribution in [0.4, 0.5) is 11.5 Å². The molecule has 0 radical (unpaired) electrons. The van der Waals surface area contributed by atoms with Gasteiger partial charge in [-0.25, -0.2) is 9.78 Å². The van der Waals surface area contributed by atoms with E-state index in [1.807, 2.05) is 42.3 Å². The van der Waals surface area contributed by atoms with E-state index in [2.05, 4.69) is 4.98 Å². The van der Waals surface area contributed by atoms with Gasteiger partial charge in [-0.1, -0.05) is 18.2 Å². The van der Waals surface area contributed by atoms with Gasteiger partial charge in [-0.05, 0) is 44.0 Å². The lowest BCUT2D eigenvalue weighted by Gasteiger charge is -2.26. The average molecular weight is 339 g/mol. The predicted octanol–water partition coefficient (Wildman–Crippen LogP) is 2.93. The SMILES string of the molecule is CC(C(=O)O)N(C(=O)c1ccc(N(C)c2ccccc2)nc1)C1CC1. The van der Waals surface area contributed by atoms with Crippen LogP contribution < -0.4 is 4.90 Å². The Balaban J connectivity index is 1.79. The Hall–Kier alpha value is -2.89. The van der Waals surface area contributed by atoms with Crippen LogP contribution in [0, 0.1) is 0 Å². The molecule has 2 aromatic rings. The maximum absolute atomic E-state index is 12.7. The van der Waals surface area contributed by atoms with Crippen LogP contribution in [0.2, 0.25) is 0 Å². The molecule has 0 aliphatic heterocycles. The van der Waals surface area contributed by atoms with Gasteiger partial charge in [0.15, 0.2) is 0 Å². The molecule has 1 atom stereocenters. The molecule has 0 spiro atoms. The Morgan fingerprint density at radius 2 is 1.84 bits per heavy atom. The zero-order chi connectivity index (χ0) is 18.0. The number of carbonyl (C=O) groups excluding carboxylic acids is 1. The molecule has 3 rings (SSSR count). The number of amides is 1. The van der Waals surface area contributed by atoms with Crippen LogP contribution in [0.3, 0.4) is 0 Å². The largest absolute Gasteiger partial charge is 0.480 e. The summed E-state index contributed by atoms with van der Waals surface area (Å²) in [6.45, 7) is 1.55. The van der Waals surface area contributed by atoms with Crippen LogP contribution in [0.15, 0.2) is 48.7 Å². The summed E-state index contributed by atoms with van der Waals surface area (Å²) in [5.74, 6) is -0.556. The zero-order valence-electron chi connectivity index (χ0n) is 14.3. The first kappa shape index (κ1) is 17.0. The smallest absolute Gasteiger partial charge is 0.326 e. The van der Waals surface area contributed by atoms with E-state index < -0.39 is 12.0 Å². The summed E-state index contributed by atoms with van der Waals surface area (Å²) in [5, 5.41) is 9.25. The van der Waals surface area contributed by atoms with E-state index in [0.717, 1.165) is 18.5 Å². The number of carboxylic acid groups (broad SMARTS) is 1. The fraction of sp³-hybridized carbons (Fsp3) is 0.316. The number of carbonyl (C=O) groups is 2. The van der Waals surface area contributed by atoms with Crippen LogP contribution in [0.5, 0.6) is 0 Å². The van der Waals surface area contributed by atoms with Crippen molar-refractivity contribution >= 4 is 23.4 Å². The fourth-order valence-corrected chi connectivity index (χ4v) is 2.77. The van der Waals surface area contributed by atoms with Crippen molar-refractivity contribution in [3.63, 3.8) is 0 Å². The zero-order valence-corrected chi connectivity index (χ0v) is 14.3. The highest BCUT2D eigenvalue weighted by molar-refractivity contribution is 5.97. The number of nitrogens with zero attached hydrogens (tertiary/aromatic N) is 3. The van der Waals surface area contributed by atoms with E-state index in [0.29, 0.717) is 11.4 Å². The normalized spacial score (nSPS) is 14.6. The molecule has 1 unspecified atom stereocenters. The molecular weight excluding hydrogens is 318 g/mol. The third kappa shape index (κ3) is 3.63. The van der Waals surface area contributed by atoms with Crippen LogP contribution >= 0.6 is 0 Å². The van der Waals surface area contributed by atoms with Gasteiger partial charge in [0.05, 0.1) is 5.56 Å². The van der Waals surface area contributed by atoms with Crippen LogP contribution in [-0.2, 0) is 4.79 Å². The van der Waals surface area contributed by atoms with E-state index in [9.17, 15) is 14.7 Å². The van der Waals surface area contributed by atoms with Gasteiger partial charge in [0, 0.05) is 25.0 Å². The third-order valence-corrected chi connectivity index (χ3v) is 4.43. The van der Waals surface area contributed by atoms with Crippen molar-refractivity contribution in [1.82, 2.24) is 9.88 Å². The molecule has 1 aromatic carbocycles. The second-order valence-corrected chi connectivity index (χ2v) is 6.26. The summed E-state index contributed by atoms with van der Waals surface area (Å²) >= 11 is 0.